The van der Waals surface area contributed by atoms with Crippen LogP contribution >= 0.6 is 15.9 Å². The van der Waals surface area contributed by atoms with E-state index in [4.69, 9.17) is 0 Å². The molecule has 0 saturated heterocycles. The molecule has 5 heteroatoms. The number of hydrogen-bond acceptors (Lipinski definition) is 0. The molecule has 1 nitrogen and oxygen atoms in total. The first-order chi connectivity index (χ1) is 8.30. The average molecular weight is 318 g/mol. The molecule has 0 spiro atoms. The highest BCUT2D eigenvalue weighted by Crippen LogP contribution is 2.36. The molecule has 0 aliphatic rings. The predicted molar refractivity (Wildman–Crippen MR) is 67.9 cm³/mol. The van der Waals surface area contributed by atoms with Crippen molar-refractivity contribution in [1.82, 2.24) is 4.57 Å². The maximum absolute atomic E-state index is 13.0. The molecule has 2 rings (SSSR count). The first-order valence-corrected chi connectivity index (χ1v) is 6.12. The highest BCUT2D eigenvalue weighted by atomic mass is 79.9. The minimum absolute atomic E-state index is 0.158. The van der Waals surface area contributed by atoms with Gasteiger partial charge in [-0.3, -0.25) is 0 Å². The van der Waals surface area contributed by atoms with Crippen molar-refractivity contribution in [2.45, 2.75) is 20.0 Å². The summed E-state index contributed by atoms with van der Waals surface area (Å²) in [7, 11) is 0. The Morgan fingerprint density at radius 1 is 1.00 bits per heavy atom. The van der Waals surface area contributed by atoms with Gasteiger partial charge in [-0.1, -0.05) is 15.9 Å². The van der Waals surface area contributed by atoms with E-state index in [1.54, 1.807) is 36.6 Å². The Labute approximate surface area is 111 Å². The third kappa shape index (κ3) is 2.32. The molecular formula is C13H11BrF3N. The number of halogens is 4. The molecule has 0 unspecified atom stereocenters. The standard InChI is InChI=1S/C13H11BrF3N/c1-8-3-4-9(2)18(8)12-6-5-10(14)7-11(12)13(15,16)17/h3-7H,1-2H3. The van der Waals surface area contributed by atoms with E-state index in [0.717, 1.165) is 17.5 Å². The van der Waals surface area contributed by atoms with Gasteiger partial charge in [0.05, 0.1) is 11.3 Å². The second kappa shape index (κ2) is 4.46. The molecule has 2 aromatic rings. The number of benzene rings is 1. The molecular weight excluding hydrogens is 307 g/mol. The van der Waals surface area contributed by atoms with Crippen molar-refractivity contribution in [3.8, 4) is 5.69 Å². The summed E-state index contributed by atoms with van der Waals surface area (Å²) in [5, 5.41) is 0. The second-order valence-corrected chi connectivity index (χ2v) is 5.03. The van der Waals surface area contributed by atoms with E-state index in [-0.39, 0.29) is 5.69 Å². The van der Waals surface area contributed by atoms with Gasteiger partial charge in [-0.2, -0.15) is 13.2 Å². The van der Waals surface area contributed by atoms with Crippen molar-refractivity contribution in [2.75, 3.05) is 0 Å². The fourth-order valence-corrected chi connectivity index (χ4v) is 2.34. The minimum atomic E-state index is -4.37. The first-order valence-electron chi connectivity index (χ1n) is 5.33. The molecule has 0 amide bonds. The molecule has 0 aliphatic carbocycles. The first kappa shape index (κ1) is 13.2. The van der Waals surface area contributed by atoms with E-state index in [1.165, 1.54) is 6.07 Å². The average Bonchev–Trinajstić information content (AvgIpc) is 2.58. The summed E-state index contributed by atoms with van der Waals surface area (Å²) >= 11 is 3.08. The van der Waals surface area contributed by atoms with E-state index < -0.39 is 11.7 Å². The van der Waals surface area contributed by atoms with Crippen molar-refractivity contribution in [1.29, 1.82) is 0 Å². The molecule has 0 aliphatic heterocycles. The van der Waals surface area contributed by atoms with Crippen LogP contribution in [0.1, 0.15) is 17.0 Å². The zero-order valence-electron chi connectivity index (χ0n) is 9.85. The van der Waals surface area contributed by atoms with E-state index >= 15 is 0 Å². The molecule has 18 heavy (non-hydrogen) atoms. The van der Waals surface area contributed by atoms with E-state index in [2.05, 4.69) is 15.9 Å². The van der Waals surface area contributed by atoms with Gasteiger partial charge < -0.3 is 4.57 Å². The molecule has 0 N–H and O–H groups in total. The van der Waals surface area contributed by atoms with Gasteiger partial charge in [0.25, 0.3) is 0 Å². The Balaban J connectivity index is 2.73. The van der Waals surface area contributed by atoms with Crippen molar-refractivity contribution in [3.05, 3.63) is 51.8 Å². The van der Waals surface area contributed by atoms with Crippen LogP contribution in [-0.4, -0.2) is 4.57 Å². The zero-order chi connectivity index (χ0) is 13.5. The summed E-state index contributed by atoms with van der Waals surface area (Å²) in [5.74, 6) is 0. The van der Waals surface area contributed by atoms with Gasteiger partial charge in [-0.05, 0) is 44.2 Å². The fraction of sp³-hybridized carbons (Fsp3) is 0.231. The van der Waals surface area contributed by atoms with Gasteiger partial charge in [0.2, 0.25) is 0 Å². The Kier molecular flexibility index (Phi) is 3.27. The fourth-order valence-electron chi connectivity index (χ4n) is 1.98. The maximum Gasteiger partial charge on any atom is 0.418 e. The highest BCUT2D eigenvalue weighted by Gasteiger charge is 2.34. The quantitative estimate of drug-likeness (QED) is 0.706. The topological polar surface area (TPSA) is 4.93 Å². The SMILES string of the molecule is Cc1ccc(C)n1-c1ccc(Br)cc1C(F)(F)F. The van der Waals surface area contributed by atoms with Gasteiger partial charge in [-0.15, -0.1) is 0 Å². The molecule has 0 radical (unpaired) electrons. The largest absolute Gasteiger partial charge is 0.418 e. The predicted octanol–water partition coefficient (Wildman–Crippen LogP) is 4.88. The monoisotopic (exact) mass is 317 g/mol. The number of nitrogens with zero attached hydrogens (tertiary/aromatic N) is 1. The number of aryl methyl sites for hydroxylation is 2. The Morgan fingerprint density at radius 2 is 1.56 bits per heavy atom. The molecule has 0 saturated carbocycles. The van der Waals surface area contributed by atoms with E-state index in [0.29, 0.717) is 4.47 Å². The van der Waals surface area contributed by atoms with Gasteiger partial charge in [0.1, 0.15) is 0 Å². The summed E-state index contributed by atoms with van der Waals surface area (Å²) in [6, 6.07) is 7.81. The van der Waals surface area contributed by atoms with Crippen LogP contribution in [0.2, 0.25) is 0 Å². The summed E-state index contributed by atoms with van der Waals surface area (Å²) in [6.45, 7) is 3.57. The van der Waals surface area contributed by atoms with Crippen LogP contribution in [0.15, 0.2) is 34.8 Å². The zero-order valence-corrected chi connectivity index (χ0v) is 11.4. The third-order valence-electron chi connectivity index (χ3n) is 2.78. The van der Waals surface area contributed by atoms with Crippen molar-refractivity contribution < 1.29 is 13.2 Å². The van der Waals surface area contributed by atoms with E-state index in [1.807, 2.05) is 0 Å². The molecule has 1 aromatic carbocycles. The lowest BCUT2D eigenvalue weighted by Crippen LogP contribution is -2.12. The molecule has 0 atom stereocenters. The maximum atomic E-state index is 13.0. The lowest BCUT2D eigenvalue weighted by atomic mass is 10.1. The second-order valence-electron chi connectivity index (χ2n) is 4.11. The number of alkyl halides is 3. The Morgan fingerprint density at radius 3 is 2.06 bits per heavy atom. The molecule has 0 fully saturated rings. The van der Waals surface area contributed by atoms with Crippen LogP contribution < -0.4 is 0 Å². The third-order valence-corrected chi connectivity index (χ3v) is 3.27. The smallest absolute Gasteiger partial charge is 0.318 e. The van der Waals surface area contributed by atoms with Gasteiger partial charge in [-0.25, -0.2) is 0 Å². The molecule has 0 bridgehead atoms. The van der Waals surface area contributed by atoms with Crippen LogP contribution in [-0.2, 0) is 6.18 Å². The van der Waals surface area contributed by atoms with Crippen LogP contribution in [0, 0.1) is 13.8 Å². The summed E-state index contributed by atoms with van der Waals surface area (Å²) in [5.41, 5.74) is 1.07. The summed E-state index contributed by atoms with van der Waals surface area (Å²) in [6.07, 6.45) is -4.37. The van der Waals surface area contributed by atoms with Crippen LogP contribution in [0.3, 0.4) is 0 Å². The Bertz CT molecular complexity index is 565. The van der Waals surface area contributed by atoms with Crippen molar-refractivity contribution in [3.63, 3.8) is 0 Å². The van der Waals surface area contributed by atoms with Crippen LogP contribution in [0.25, 0.3) is 5.69 Å². The number of rotatable bonds is 1. The lowest BCUT2D eigenvalue weighted by Gasteiger charge is -2.17. The summed E-state index contributed by atoms with van der Waals surface area (Å²) in [4.78, 5) is 0. The molecule has 96 valence electrons. The highest BCUT2D eigenvalue weighted by molar-refractivity contribution is 9.10. The normalized spacial score (nSPS) is 11.9. The Hall–Kier alpha value is -1.23. The van der Waals surface area contributed by atoms with Gasteiger partial charge >= 0.3 is 6.18 Å². The van der Waals surface area contributed by atoms with Crippen molar-refractivity contribution >= 4 is 15.9 Å². The molecule has 1 heterocycles. The molecule has 1 aromatic heterocycles. The van der Waals surface area contributed by atoms with Gasteiger partial charge in [0, 0.05) is 15.9 Å². The minimum Gasteiger partial charge on any atom is -0.318 e. The van der Waals surface area contributed by atoms with Gasteiger partial charge in [0.15, 0.2) is 0 Å². The van der Waals surface area contributed by atoms with Crippen LogP contribution in [0.4, 0.5) is 13.2 Å². The number of hydrogen-bond donors (Lipinski definition) is 0. The van der Waals surface area contributed by atoms with Crippen LogP contribution in [0.5, 0.6) is 0 Å². The van der Waals surface area contributed by atoms with Crippen molar-refractivity contribution in [2.24, 2.45) is 0 Å². The number of aromatic nitrogens is 1. The lowest BCUT2D eigenvalue weighted by molar-refractivity contribution is -0.137. The van der Waals surface area contributed by atoms with E-state index in [9.17, 15) is 13.2 Å². The summed E-state index contributed by atoms with van der Waals surface area (Å²) < 4.78 is 41.2.